The van der Waals surface area contributed by atoms with Crippen molar-refractivity contribution >= 4 is 29.8 Å². The number of likely N-dealkylation sites (tertiary alicyclic amines) is 1. The number of carbonyl (C=O) groups excluding carboxylic acids is 1. The molecule has 1 aliphatic heterocycles. The normalized spacial score (nSPS) is 19.3. The molecular formula is C15H24ClN5O3. The number of carbonyl (C=O) groups is 1. The number of aromatic nitrogens is 1. The smallest absolute Gasteiger partial charge is 0.287 e. The molecule has 1 saturated heterocycles. The number of anilines is 1. The van der Waals surface area contributed by atoms with Crippen LogP contribution < -0.4 is 11.1 Å². The number of nitrogens with one attached hydrogen (secondary N) is 1. The molecule has 1 aromatic heterocycles. The minimum Gasteiger partial charge on any atom is -0.365 e. The van der Waals surface area contributed by atoms with Gasteiger partial charge in [0.1, 0.15) is 12.0 Å². The third kappa shape index (κ3) is 4.78. The van der Waals surface area contributed by atoms with Gasteiger partial charge in [0.2, 0.25) is 5.91 Å². The van der Waals surface area contributed by atoms with E-state index in [1.165, 1.54) is 12.3 Å². The molecule has 1 amide bonds. The van der Waals surface area contributed by atoms with Crippen molar-refractivity contribution in [2.45, 2.75) is 38.8 Å². The lowest BCUT2D eigenvalue weighted by molar-refractivity contribution is -0.385. The van der Waals surface area contributed by atoms with Crippen LogP contribution in [-0.2, 0) is 4.79 Å². The number of nitrogens with two attached hydrogens (primary N) is 1. The second kappa shape index (κ2) is 8.79. The lowest BCUT2D eigenvalue weighted by Gasteiger charge is -2.24. The summed E-state index contributed by atoms with van der Waals surface area (Å²) in [5.41, 5.74) is 5.96. The van der Waals surface area contributed by atoms with E-state index in [1.54, 1.807) is 11.0 Å². The number of nitro groups is 1. The molecule has 3 N–H and O–H groups in total. The first kappa shape index (κ1) is 20.1. The summed E-state index contributed by atoms with van der Waals surface area (Å²) in [4.78, 5) is 28.3. The van der Waals surface area contributed by atoms with E-state index in [1.807, 2.05) is 13.8 Å². The van der Waals surface area contributed by atoms with Gasteiger partial charge in [-0.15, -0.1) is 12.4 Å². The first-order valence-electron chi connectivity index (χ1n) is 7.83. The van der Waals surface area contributed by atoms with Gasteiger partial charge in [0.15, 0.2) is 0 Å². The van der Waals surface area contributed by atoms with Crippen molar-refractivity contribution in [2.75, 3.05) is 18.4 Å². The van der Waals surface area contributed by atoms with Gasteiger partial charge in [-0.05, 0) is 18.4 Å². The van der Waals surface area contributed by atoms with E-state index in [4.69, 9.17) is 5.73 Å². The fraction of sp³-hybridized carbons (Fsp3) is 0.600. The van der Waals surface area contributed by atoms with E-state index >= 15 is 0 Å². The number of pyridine rings is 1. The first-order valence-corrected chi connectivity index (χ1v) is 7.83. The van der Waals surface area contributed by atoms with Crippen LogP contribution in [0.3, 0.4) is 0 Å². The van der Waals surface area contributed by atoms with Gasteiger partial charge in [-0.1, -0.05) is 20.3 Å². The molecule has 0 aliphatic carbocycles. The second-order valence-corrected chi connectivity index (χ2v) is 5.98. The van der Waals surface area contributed by atoms with Crippen molar-refractivity contribution < 1.29 is 9.72 Å². The molecule has 0 bridgehead atoms. The first-order chi connectivity index (χ1) is 10.9. The average molecular weight is 358 g/mol. The Bertz CT molecular complexity index is 569. The second-order valence-electron chi connectivity index (χ2n) is 5.98. The quantitative estimate of drug-likeness (QED) is 0.592. The van der Waals surface area contributed by atoms with E-state index < -0.39 is 11.0 Å². The Balaban J connectivity index is 0.00000288. The van der Waals surface area contributed by atoms with Crippen LogP contribution in [0.2, 0.25) is 0 Å². The summed E-state index contributed by atoms with van der Waals surface area (Å²) >= 11 is 0. The maximum atomic E-state index is 12.3. The van der Waals surface area contributed by atoms with Crippen molar-refractivity contribution in [1.82, 2.24) is 9.88 Å². The van der Waals surface area contributed by atoms with E-state index in [9.17, 15) is 14.9 Å². The molecule has 0 saturated carbocycles. The van der Waals surface area contributed by atoms with E-state index in [0.717, 1.165) is 12.8 Å². The van der Waals surface area contributed by atoms with Crippen LogP contribution >= 0.6 is 12.4 Å². The maximum absolute atomic E-state index is 12.3. The molecule has 2 heterocycles. The van der Waals surface area contributed by atoms with Crippen LogP contribution in [-0.4, -0.2) is 45.9 Å². The molecule has 9 heteroatoms. The lowest BCUT2D eigenvalue weighted by Crippen LogP contribution is -2.46. The molecule has 2 rings (SSSR count). The summed E-state index contributed by atoms with van der Waals surface area (Å²) in [6, 6.07) is 2.60. The van der Waals surface area contributed by atoms with Crippen molar-refractivity contribution in [2.24, 2.45) is 11.7 Å². The fourth-order valence-electron chi connectivity index (χ4n) is 2.57. The summed E-state index contributed by atoms with van der Waals surface area (Å²) in [6.45, 7) is 5.23. The molecule has 1 aliphatic rings. The Morgan fingerprint density at radius 1 is 1.58 bits per heavy atom. The van der Waals surface area contributed by atoms with E-state index in [-0.39, 0.29) is 36.0 Å². The van der Waals surface area contributed by atoms with Crippen LogP contribution in [0.1, 0.15) is 26.7 Å². The van der Waals surface area contributed by atoms with Crippen molar-refractivity contribution in [3.63, 3.8) is 0 Å². The molecule has 0 radical (unpaired) electrons. The minimum atomic E-state index is -0.483. The van der Waals surface area contributed by atoms with E-state index in [0.29, 0.717) is 18.9 Å². The number of hydrogen-bond acceptors (Lipinski definition) is 6. The molecule has 24 heavy (non-hydrogen) atoms. The summed E-state index contributed by atoms with van der Waals surface area (Å²) in [6.07, 6.45) is 2.89. The molecule has 0 aromatic carbocycles. The lowest BCUT2D eigenvalue weighted by atomic mass is 9.99. The van der Waals surface area contributed by atoms with Gasteiger partial charge < -0.3 is 16.0 Å². The van der Waals surface area contributed by atoms with E-state index in [2.05, 4.69) is 10.3 Å². The summed E-state index contributed by atoms with van der Waals surface area (Å²) in [5.74, 6) is 0.715. The molecule has 0 spiro atoms. The van der Waals surface area contributed by atoms with Gasteiger partial charge in [-0.25, -0.2) is 4.98 Å². The molecule has 1 fully saturated rings. The van der Waals surface area contributed by atoms with Crippen LogP contribution in [0, 0.1) is 16.0 Å². The number of hydrogen-bond donors (Lipinski definition) is 2. The zero-order valence-corrected chi connectivity index (χ0v) is 14.7. The highest BCUT2D eigenvalue weighted by Gasteiger charge is 2.31. The Morgan fingerprint density at radius 3 is 2.83 bits per heavy atom. The molecule has 3 unspecified atom stereocenters. The van der Waals surface area contributed by atoms with Crippen molar-refractivity contribution in [3.8, 4) is 0 Å². The van der Waals surface area contributed by atoms with Gasteiger partial charge in [0.25, 0.3) is 5.69 Å². The largest absolute Gasteiger partial charge is 0.365 e. The predicted octanol–water partition coefficient (Wildman–Crippen LogP) is 1.80. The zero-order chi connectivity index (χ0) is 17.0. The SMILES string of the molecule is CCC(C)C(N)C(=O)N1CCC(Nc2ccc([N+](=O)[O-])cn2)C1.Cl. The van der Waals surface area contributed by atoms with Crippen LogP contribution in [0.15, 0.2) is 18.3 Å². The Labute approximate surface area is 147 Å². The molecule has 3 atom stereocenters. The zero-order valence-electron chi connectivity index (χ0n) is 13.8. The third-order valence-corrected chi connectivity index (χ3v) is 4.35. The Hall–Kier alpha value is -1.93. The van der Waals surface area contributed by atoms with Crippen molar-refractivity contribution in [3.05, 3.63) is 28.4 Å². The molecule has 8 nitrogen and oxygen atoms in total. The highest BCUT2D eigenvalue weighted by molar-refractivity contribution is 5.85. The van der Waals surface area contributed by atoms with Crippen LogP contribution in [0.5, 0.6) is 0 Å². The van der Waals surface area contributed by atoms with Gasteiger partial charge in [0, 0.05) is 25.2 Å². The maximum Gasteiger partial charge on any atom is 0.287 e. The molecular weight excluding hydrogens is 334 g/mol. The minimum absolute atomic E-state index is 0. The van der Waals surface area contributed by atoms with Gasteiger partial charge in [-0.3, -0.25) is 14.9 Å². The van der Waals surface area contributed by atoms with Gasteiger partial charge >= 0.3 is 0 Å². The fourth-order valence-corrected chi connectivity index (χ4v) is 2.57. The highest BCUT2D eigenvalue weighted by Crippen LogP contribution is 2.18. The topological polar surface area (TPSA) is 114 Å². The predicted molar refractivity (Wildman–Crippen MR) is 94.2 cm³/mol. The molecule has 134 valence electrons. The standard InChI is InChI=1S/C15H23N5O3.ClH/c1-3-10(2)14(16)15(21)19-7-6-11(9-19)18-13-5-4-12(8-17-13)20(22)23;/h4-5,8,10-11,14H,3,6-7,9,16H2,1-2H3,(H,17,18);1H. The summed E-state index contributed by atoms with van der Waals surface area (Å²) in [5, 5.41) is 13.8. The van der Waals surface area contributed by atoms with Crippen molar-refractivity contribution in [1.29, 1.82) is 0 Å². The number of nitrogens with zero attached hydrogens (tertiary/aromatic N) is 3. The average Bonchev–Trinajstić information content (AvgIpc) is 3.01. The number of amides is 1. The Morgan fingerprint density at radius 2 is 2.29 bits per heavy atom. The third-order valence-electron chi connectivity index (χ3n) is 4.35. The van der Waals surface area contributed by atoms with Gasteiger partial charge in [-0.2, -0.15) is 0 Å². The number of halogens is 1. The number of rotatable bonds is 6. The van der Waals surface area contributed by atoms with Crippen LogP contribution in [0.4, 0.5) is 11.5 Å². The monoisotopic (exact) mass is 357 g/mol. The summed E-state index contributed by atoms with van der Waals surface area (Å²) in [7, 11) is 0. The van der Waals surface area contributed by atoms with Gasteiger partial charge in [0.05, 0.1) is 11.0 Å². The molecule has 1 aromatic rings. The summed E-state index contributed by atoms with van der Waals surface area (Å²) < 4.78 is 0. The highest BCUT2D eigenvalue weighted by atomic mass is 35.5. The Kier molecular flexibility index (Phi) is 7.37. The van der Waals surface area contributed by atoms with Crippen LogP contribution in [0.25, 0.3) is 0 Å².